The van der Waals surface area contributed by atoms with Crippen molar-refractivity contribution in [3.63, 3.8) is 0 Å². The van der Waals surface area contributed by atoms with Crippen LogP contribution in [0.1, 0.15) is 34.2 Å². The molecule has 0 aliphatic carbocycles. The van der Waals surface area contributed by atoms with Gasteiger partial charge in [0.15, 0.2) is 0 Å². The molecule has 1 N–H and O–H groups in total. The van der Waals surface area contributed by atoms with Gasteiger partial charge in [-0.3, -0.25) is 19.3 Å². The highest BCUT2D eigenvalue weighted by Crippen LogP contribution is 2.19. The lowest BCUT2D eigenvalue weighted by atomic mass is 10.1. The minimum absolute atomic E-state index is 0.116. The van der Waals surface area contributed by atoms with E-state index in [0.29, 0.717) is 38.3 Å². The maximum Gasteiger partial charge on any atom is 0.272 e. The number of anilines is 1. The second-order valence-corrected chi connectivity index (χ2v) is 8.76. The van der Waals surface area contributed by atoms with E-state index < -0.39 is 15.8 Å². The van der Waals surface area contributed by atoms with Gasteiger partial charge < -0.3 is 9.80 Å². The smallest absolute Gasteiger partial charge is 0.272 e. The summed E-state index contributed by atoms with van der Waals surface area (Å²) < 4.78 is 40.2. The van der Waals surface area contributed by atoms with Crippen LogP contribution < -0.4 is 4.72 Å². The Bertz CT molecular complexity index is 1020. The summed E-state index contributed by atoms with van der Waals surface area (Å²) in [5.74, 6) is -1.50. The van der Waals surface area contributed by atoms with Crippen LogP contribution in [0.5, 0.6) is 0 Å². The summed E-state index contributed by atoms with van der Waals surface area (Å²) in [6.07, 6.45) is 1.95. The Balaban J connectivity index is 1.62. The molecular formula is C20H23FN4O4S. The molecule has 1 aliphatic rings. The molecule has 0 spiro atoms. The first-order chi connectivity index (χ1) is 14.3. The summed E-state index contributed by atoms with van der Waals surface area (Å²) in [5, 5.41) is 0. The van der Waals surface area contributed by atoms with E-state index in [9.17, 15) is 22.4 Å². The number of benzene rings is 1. The van der Waals surface area contributed by atoms with Crippen molar-refractivity contribution in [1.82, 2.24) is 14.8 Å². The van der Waals surface area contributed by atoms with Crippen molar-refractivity contribution in [2.24, 2.45) is 0 Å². The topological polar surface area (TPSA) is 99.7 Å². The zero-order valence-electron chi connectivity index (χ0n) is 16.5. The minimum Gasteiger partial charge on any atom is -0.335 e. The van der Waals surface area contributed by atoms with E-state index in [0.717, 1.165) is 6.07 Å². The minimum atomic E-state index is -3.63. The third kappa shape index (κ3) is 5.12. The molecular weight excluding hydrogens is 411 g/mol. The largest absolute Gasteiger partial charge is 0.335 e. The molecule has 0 unspecified atom stereocenters. The number of halogens is 1. The summed E-state index contributed by atoms with van der Waals surface area (Å²) in [6.45, 7) is 3.02. The Hall–Kier alpha value is -3.01. The van der Waals surface area contributed by atoms with Crippen molar-refractivity contribution in [3.05, 3.63) is 59.7 Å². The quantitative estimate of drug-likeness (QED) is 0.749. The van der Waals surface area contributed by atoms with E-state index in [4.69, 9.17) is 0 Å². The lowest BCUT2D eigenvalue weighted by Crippen LogP contribution is -2.50. The SMILES string of the molecule is CCCS(=O)(=O)Nc1ccc(C(=O)N2CCN(C(=O)c3ccccn3)CC2)cc1F. The number of hydrogen-bond donors (Lipinski definition) is 1. The molecule has 10 heteroatoms. The van der Waals surface area contributed by atoms with Gasteiger partial charge in [0, 0.05) is 37.9 Å². The van der Waals surface area contributed by atoms with Gasteiger partial charge >= 0.3 is 0 Å². The van der Waals surface area contributed by atoms with Gasteiger partial charge in [-0.2, -0.15) is 0 Å². The molecule has 2 aromatic rings. The lowest BCUT2D eigenvalue weighted by Gasteiger charge is -2.34. The van der Waals surface area contributed by atoms with Crippen LogP contribution in [0.2, 0.25) is 0 Å². The number of piperazine rings is 1. The van der Waals surface area contributed by atoms with Gasteiger partial charge in [0.2, 0.25) is 10.0 Å². The van der Waals surface area contributed by atoms with Gasteiger partial charge in [-0.1, -0.05) is 13.0 Å². The fourth-order valence-electron chi connectivity index (χ4n) is 3.16. The molecule has 0 atom stereocenters. The number of nitrogens with one attached hydrogen (secondary N) is 1. The van der Waals surface area contributed by atoms with E-state index in [1.54, 1.807) is 36.2 Å². The average Bonchev–Trinajstić information content (AvgIpc) is 2.74. The fourth-order valence-corrected chi connectivity index (χ4v) is 4.30. The molecule has 8 nitrogen and oxygen atoms in total. The van der Waals surface area contributed by atoms with Gasteiger partial charge in [-0.25, -0.2) is 12.8 Å². The van der Waals surface area contributed by atoms with Crippen molar-refractivity contribution in [3.8, 4) is 0 Å². The van der Waals surface area contributed by atoms with Crippen LogP contribution in [0.15, 0.2) is 42.6 Å². The summed E-state index contributed by atoms with van der Waals surface area (Å²) >= 11 is 0. The van der Waals surface area contributed by atoms with Crippen LogP contribution in [0.25, 0.3) is 0 Å². The number of aromatic nitrogens is 1. The lowest BCUT2D eigenvalue weighted by molar-refractivity contribution is 0.0532. The second kappa shape index (κ2) is 9.21. The number of pyridine rings is 1. The summed E-state index contributed by atoms with van der Waals surface area (Å²) in [6, 6.07) is 8.76. The standard InChI is InChI=1S/C20H23FN4O4S/c1-2-13-30(28,29)23-17-7-6-15(14-16(17)21)19(26)24-9-11-25(12-10-24)20(27)18-5-3-4-8-22-18/h3-8,14,23H,2,9-13H2,1H3. The summed E-state index contributed by atoms with van der Waals surface area (Å²) in [5.41, 5.74) is 0.279. The molecule has 1 aromatic heterocycles. The third-order valence-corrected chi connectivity index (χ3v) is 6.17. The van der Waals surface area contributed by atoms with Gasteiger partial charge in [0.25, 0.3) is 11.8 Å². The first-order valence-corrected chi connectivity index (χ1v) is 11.3. The monoisotopic (exact) mass is 434 g/mol. The Morgan fingerprint density at radius 1 is 1.07 bits per heavy atom. The summed E-state index contributed by atoms with van der Waals surface area (Å²) in [7, 11) is -3.63. The summed E-state index contributed by atoms with van der Waals surface area (Å²) in [4.78, 5) is 32.4. The van der Waals surface area contributed by atoms with Crippen LogP contribution in [0.4, 0.5) is 10.1 Å². The molecule has 1 aliphatic heterocycles. The molecule has 0 saturated carbocycles. The van der Waals surface area contributed by atoms with E-state index >= 15 is 0 Å². The van der Waals surface area contributed by atoms with Crippen molar-refractivity contribution >= 4 is 27.5 Å². The molecule has 1 fully saturated rings. The third-order valence-electron chi connectivity index (χ3n) is 4.69. The van der Waals surface area contributed by atoms with E-state index in [1.807, 2.05) is 0 Å². The number of rotatable bonds is 6. The Kier molecular flexibility index (Phi) is 6.66. The number of carbonyl (C=O) groups is 2. The number of amides is 2. The fraction of sp³-hybridized carbons (Fsp3) is 0.350. The van der Waals surface area contributed by atoms with Crippen LogP contribution in [0, 0.1) is 5.82 Å². The van der Waals surface area contributed by atoms with Gasteiger partial charge in [-0.15, -0.1) is 0 Å². The molecule has 2 heterocycles. The highest BCUT2D eigenvalue weighted by atomic mass is 32.2. The Labute approximate surface area is 174 Å². The highest BCUT2D eigenvalue weighted by Gasteiger charge is 2.26. The first-order valence-electron chi connectivity index (χ1n) is 9.60. The molecule has 0 bridgehead atoms. The second-order valence-electron chi connectivity index (χ2n) is 6.91. The van der Waals surface area contributed by atoms with Crippen LogP contribution in [-0.2, 0) is 10.0 Å². The number of nitrogens with zero attached hydrogens (tertiary/aromatic N) is 3. The Morgan fingerprint density at radius 2 is 1.73 bits per heavy atom. The van der Waals surface area contributed by atoms with Crippen molar-refractivity contribution in [2.75, 3.05) is 36.7 Å². The van der Waals surface area contributed by atoms with E-state index in [2.05, 4.69) is 9.71 Å². The molecule has 2 amide bonds. The van der Waals surface area contributed by atoms with Gasteiger partial charge in [-0.05, 0) is 36.8 Å². The number of carbonyl (C=O) groups excluding carboxylic acids is 2. The molecule has 1 aromatic carbocycles. The maximum atomic E-state index is 14.3. The molecule has 0 radical (unpaired) electrons. The van der Waals surface area contributed by atoms with Crippen molar-refractivity contribution in [1.29, 1.82) is 0 Å². The molecule has 1 saturated heterocycles. The van der Waals surface area contributed by atoms with Gasteiger partial charge in [0.1, 0.15) is 11.5 Å². The van der Waals surface area contributed by atoms with E-state index in [-0.39, 0.29) is 28.8 Å². The number of hydrogen-bond acceptors (Lipinski definition) is 5. The van der Waals surface area contributed by atoms with E-state index in [1.165, 1.54) is 17.0 Å². The van der Waals surface area contributed by atoms with Crippen molar-refractivity contribution in [2.45, 2.75) is 13.3 Å². The van der Waals surface area contributed by atoms with Crippen LogP contribution in [0.3, 0.4) is 0 Å². The first kappa shape index (κ1) is 21.7. The molecule has 160 valence electrons. The highest BCUT2D eigenvalue weighted by molar-refractivity contribution is 7.92. The molecule has 30 heavy (non-hydrogen) atoms. The van der Waals surface area contributed by atoms with Crippen LogP contribution >= 0.6 is 0 Å². The number of sulfonamides is 1. The maximum absolute atomic E-state index is 14.3. The van der Waals surface area contributed by atoms with Crippen LogP contribution in [-0.4, -0.2) is 66.9 Å². The zero-order chi connectivity index (χ0) is 21.7. The van der Waals surface area contributed by atoms with Gasteiger partial charge in [0.05, 0.1) is 11.4 Å². The molecule has 3 rings (SSSR count). The zero-order valence-corrected chi connectivity index (χ0v) is 17.4. The van der Waals surface area contributed by atoms with Crippen molar-refractivity contribution < 1.29 is 22.4 Å². The predicted molar refractivity (Wildman–Crippen MR) is 110 cm³/mol. The Morgan fingerprint density at radius 3 is 2.30 bits per heavy atom. The normalized spacial score (nSPS) is 14.5. The average molecular weight is 434 g/mol. The predicted octanol–water partition coefficient (Wildman–Crippen LogP) is 1.97.